The number of nitrogens with zero attached hydrogens (tertiary/aromatic N) is 5. The van der Waals surface area contributed by atoms with Crippen LogP contribution in [0.15, 0.2) is 36.5 Å². The molecule has 1 N–H and O–H groups in total. The summed E-state index contributed by atoms with van der Waals surface area (Å²) in [6, 6.07) is 8.51. The van der Waals surface area contributed by atoms with Crippen LogP contribution in [0.3, 0.4) is 0 Å². The summed E-state index contributed by atoms with van der Waals surface area (Å²) in [6.45, 7) is 0.681. The number of halogens is 3. The number of benzene rings is 1. The van der Waals surface area contributed by atoms with Gasteiger partial charge in [-0.05, 0) is 11.6 Å². The zero-order valence-electron chi connectivity index (χ0n) is 15.8. The van der Waals surface area contributed by atoms with Gasteiger partial charge in [0.2, 0.25) is 11.8 Å². The van der Waals surface area contributed by atoms with Crippen molar-refractivity contribution in [1.82, 2.24) is 29.8 Å². The van der Waals surface area contributed by atoms with E-state index in [-0.39, 0.29) is 36.5 Å². The van der Waals surface area contributed by atoms with Crippen molar-refractivity contribution in [3.05, 3.63) is 47.9 Å². The zero-order valence-corrected chi connectivity index (χ0v) is 15.8. The van der Waals surface area contributed by atoms with E-state index >= 15 is 0 Å². The number of alkyl halides is 3. The van der Waals surface area contributed by atoms with Crippen molar-refractivity contribution in [2.24, 2.45) is 5.92 Å². The lowest BCUT2D eigenvalue weighted by Crippen LogP contribution is -2.31. The number of aromatic nitrogens is 4. The number of likely N-dealkylation sites (tertiary alicyclic amines) is 1. The number of hydrogen-bond acceptors (Lipinski definition) is 5. The Balaban J connectivity index is 1.48. The van der Waals surface area contributed by atoms with E-state index in [9.17, 15) is 22.8 Å². The molecule has 4 rings (SSSR count). The smallest absolute Gasteiger partial charge is 0.352 e. The molecular formula is C19H17F3N6O2. The average molecular weight is 418 g/mol. The highest BCUT2D eigenvalue weighted by atomic mass is 19.4. The number of fused-ring (bicyclic) bond motifs is 1. The molecule has 0 radical (unpaired) electrons. The molecule has 1 aliphatic heterocycles. The van der Waals surface area contributed by atoms with E-state index in [1.165, 1.54) is 11.1 Å². The Morgan fingerprint density at radius 3 is 2.60 bits per heavy atom. The SMILES string of the molecule is CN1C[C@@H](C(=O)NCc2ccc(-c3ccnc4nc(C(F)(F)F)nn34)cc2)CC1=O. The second-order valence-electron chi connectivity index (χ2n) is 7.07. The molecule has 2 aromatic heterocycles. The van der Waals surface area contributed by atoms with Gasteiger partial charge in [-0.1, -0.05) is 24.3 Å². The van der Waals surface area contributed by atoms with Gasteiger partial charge in [-0.25, -0.2) is 4.98 Å². The predicted octanol–water partition coefficient (Wildman–Crippen LogP) is 1.90. The van der Waals surface area contributed by atoms with Crippen LogP contribution < -0.4 is 5.32 Å². The molecular weight excluding hydrogens is 401 g/mol. The maximum absolute atomic E-state index is 12.9. The van der Waals surface area contributed by atoms with Gasteiger partial charge in [-0.3, -0.25) is 9.59 Å². The Bertz CT molecular complexity index is 1110. The van der Waals surface area contributed by atoms with Crippen LogP contribution in [-0.4, -0.2) is 49.9 Å². The van der Waals surface area contributed by atoms with Crippen LogP contribution in [0.1, 0.15) is 17.8 Å². The van der Waals surface area contributed by atoms with Gasteiger partial charge in [0.05, 0.1) is 11.6 Å². The van der Waals surface area contributed by atoms with Crippen molar-refractivity contribution in [2.75, 3.05) is 13.6 Å². The van der Waals surface area contributed by atoms with Crippen LogP contribution >= 0.6 is 0 Å². The summed E-state index contributed by atoms with van der Waals surface area (Å²) in [5, 5.41) is 6.34. The molecule has 156 valence electrons. The third kappa shape index (κ3) is 3.82. The Morgan fingerprint density at radius 2 is 1.97 bits per heavy atom. The maximum Gasteiger partial charge on any atom is 0.453 e. The lowest BCUT2D eigenvalue weighted by Gasteiger charge is -2.11. The highest BCUT2D eigenvalue weighted by Crippen LogP contribution is 2.28. The van der Waals surface area contributed by atoms with Gasteiger partial charge < -0.3 is 10.2 Å². The lowest BCUT2D eigenvalue weighted by atomic mass is 10.1. The van der Waals surface area contributed by atoms with Gasteiger partial charge in [0.25, 0.3) is 11.6 Å². The lowest BCUT2D eigenvalue weighted by molar-refractivity contribution is -0.144. The third-order valence-corrected chi connectivity index (χ3v) is 4.92. The summed E-state index contributed by atoms with van der Waals surface area (Å²) in [7, 11) is 1.66. The summed E-state index contributed by atoms with van der Waals surface area (Å²) >= 11 is 0. The van der Waals surface area contributed by atoms with Crippen molar-refractivity contribution in [1.29, 1.82) is 0 Å². The Hall–Kier alpha value is -3.50. The van der Waals surface area contributed by atoms with Gasteiger partial charge in [0.1, 0.15) is 0 Å². The standard InChI is InChI=1S/C19H17F3N6O2/c1-27-10-13(8-15(27)29)16(30)24-9-11-2-4-12(5-3-11)14-6-7-23-18-25-17(19(20,21)22)26-28(14)18/h2-7,13H,8-10H2,1H3,(H,24,30)/t13-/m0/s1. The molecule has 2 amide bonds. The van der Waals surface area contributed by atoms with E-state index in [0.717, 1.165) is 10.1 Å². The summed E-state index contributed by atoms with van der Waals surface area (Å²) in [4.78, 5) is 32.6. The molecule has 11 heteroatoms. The molecule has 0 spiro atoms. The fraction of sp³-hybridized carbons (Fsp3) is 0.316. The number of carbonyl (C=O) groups excluding carboxylic acids is 2. The predicted molar refractivity (Wildman–Crippen MR) is 98.8 cm³/mol. The van der Waals surface area contributed by atoms with Crippen molar-refractivity contribution in [3.8, 4) is 11.3 Å². The normalized spacial score (nSPS) is 17.0. The van der Waals surface area contributed by atoms with Crippen LogP contribution in [-0.2, 0) is 22.3 Å². The molecule has 0 aliphatic carbocycles. The van der Waals surface area contributed by atoms with E-state index in [0.29, 0.717) is 17.8 Å². The molecule has 0 saturated carbocycles. The summed E-state index contributed by atoms with van der Waals surface area (Å²) in [5.41, 5.74) is 1.84. The third-order valence-electron chi connectivity index (χ3n) is 4.92. The minimum atomic E-state index is -4.66. The molecule has 1 aromatic carbocycles. The maximum atomic E-state index is 12.9. The molecule has 30 heavy (non-hydrogen) atoms. The Kier molecular flexibility index (Phi) is 4.88. The van der Waals surface area contributed by atoms with Crippen molar-refractivity contribution >= 4 is 17.6 Å². The van der Waals surface area contributed by atoms with Gasteiger partial charge in [0, 0.05) is 38.3 Å². The minimum Gasteiger partial charge on any atom is -0.352 e. The molecule has 0 bridgehead atoms. The summed E-state index contributed by atoms with van der Waals surface area (Å²) < 4.78 is 39.7. The van der Waals surface area contributed by atoms with Crippen molar-refractivity contribution in [3.63, 3.8) is 0 Å². The summed E-state index contributed by atoms with van der Waals surface area (Å²) in [6.07, 6.45) is -3.09. The number of rotatable bonds is 4. The molecule has 0 unspecified atom stereocenters. The molecule has 3 aromatic rings. The van der Waals surface area contributed by atoms with Crippen LogP contribution in [0.4, 0.5) is 13.2 Å². The molecule has 1 aliphatic rings. The number of hydrogen-bond donors (Lipinski definition) is 1. The fourth-order valence-electron chi connectivity index (χ4n) is 3.30. The highest BCUT2D eigenvalue weighted by molar-refractivity contribution is 5.89. The van der Waals surface area contributed by atoms with Gasteiger partial charge in [0.15, 0.2) is 0 Å². The van der Waals surface area contributed by atoms with Crippen LogP contribution in [0.2, 0.25) is 0 Å². The molecule has 1 saturated heterocycles. The van der Waals surface area contributed by atoms with Crippen LogP contribution in [0.25, 0.3) is 17.0 Å². The first-order chi connectivity index (χ1) is 14.2. The van der Waals surface area contributed by atoms with Crippen LogP contribution in [0.5, 0.6) is 0 Å². The van der Waals surface area contributed by atoms with E-state index in [1.807, 2.05) is 0 Å². The first-order valence-electron chi connectivity index (χ1n) is 9.12. The van der Waals surface area contributed by atoms with Crippen molar-refractivity contribution in [2.45, 2.75) is 19.1 Å². The first-order valence-corrected chi connectivity index (χ1v) is 9.12. The second-order valence-corrected chi connectivity index (χ2v) is 7.07. The average Bonchev–Trinajstić information content (AvgIpc) is 3.30. The monoisotopic (exact) mass is 418 g/mol. The number of amides is 2. The van der Waals surface area contributed by atoms with E-state index < -0.39 is 12.0 Å². The molecule has 1 atom stereocenters. The Morgan fingerprint density at radius 1 is 1.23 bits per heavy atom. The number of nitrogens with one attached hydrogen (secondary N) is 1. The fourth-order valence-corrected chi connectivity index (χ4v) is 3.30. The number of carbonyl (C=O) groups is 2. The van der Waals surface area contributed by atoms with E-state index in [4.69, 9.17) is 0 Å². The molecule has 3 heterocycles. The Labute approximate surface area is 168 Å². The molecule has 8 nitrogen and oxygen atoms in total. The highest BCUT2D eigenvalue weighted by Gasteiger charge is 2.36. The largest absolute Gasteiger partial charge is 0.453 e. The summed E-state index contributed by atoms with van der Waals surface area (Å²) in [5.74, 6) is -1.99. The van der Waals surface area contributed by atoms with Gasteiger partial charge in [-0.2, -0.15) is 22.7 Å². The first kappa shape index (κ1) is 19.8. The quantitative estimate of drug-likeness (QED) is 0.699. The van der Waals surface area contributed by atoms with E-state index in [2.05, 4.69) is 20.4 Å². The topological polar surface area (TPSA) is 92.5 Å². The second kappa shape index (κ2) is 7.39. The zero-order chi connectivity index (χ0) is 21.5. The minimum absolute atomic E-state index is 0.0510. The van der Waals surface area contributed by atoms with Crippen LogP contribution in [0, 0.1) is 5.92 Å². The molecule has 1 fully saturated rings. The van der Waals surface area contributed by atoms with Gasteiger partial charge in [-0.15, -0.1) is 5.10 Å². The van der Waals surface area contributed by atoms with Gasteiger partial charge >= 0.3 is 6.18 Å². The van der Waals surface area contributed by atoms with E-state index in [1.54, 1.807) is 37.4 Å². The van der Waals surface area contributed by atoms with Crippen molar-refractivity contribution < 1.29 is 22.8 Å².